The van der Waals surface area contributed by atoms with E-state index >= 15 is 0 Å². The zero-order valence-electron chi connectivity index (χ0n) is 23.8. The Balaban J connectivity index is 1.66. The summed E-state index contributed by atoms with van der Waals surface area (Å²) < 4.78 is 4.55. The Labute approximate surface area is 244 Å². The molecule has 42 heavy (non-hydrogen) atoms. The number of nitrogens with two attached hydrogens (primary N) is 1. The summed E-state index contributed by atoms with van der Waals surface area (Å²) in [5.41, 5.74) is 5.75. The van der Waals surface area contributed by atoms with E-state index < -0.39 is 35.8 Å². The fourth-order valence-corrected chi connectivity index (χ4v) is 4.90. The van der Waals surface area contributed by atoms with Gasteiger partial charge >= 0.3 is 5.97 Å². The second kappa shape index (κ2) is 15.7. The molecule has 1 saturated heterocycles. The SMILES string of the molecule is COC(=O)CC[C@H](O)C(=O)N[C@@H](CC(=O)C[C@@H]1CCCN(C(=N)N)C1)C(=O)N(CCNC(=O)c1cnccn1)C1CC1. The predicted molar refractivity (Wildman–Crippen MR) is 149 cm³/mol. The number of likely N-dealkylation sites (tertiary alicyclic amines) is 1. The smallest absolute Gasteiger partial charge is 0.305 e. The number of aliphatic hydroxyl groups excluding tert-OH is 1. The van der Waals surface area contributed by atoms with Gasteiger partial charge in [-0.05, 0) is 38.0 Å². The number of guanidine groups is 1. The van der Waals surface area contributed by atoms with Crippen LogP contribution in [0.2, 0.25) is 0 Å². The van der Waals surface area contributed by atoms with Gasteiger partial charge in [-0.2, -0.15) is 0 Å². The molecule has 3 amide bonds. The minimum absolute atomic E-state index is 0.0527. The average molecular weight is 589 g/mol. The fourth-order valence-electron chi connectivity index (χ4n) is 4.90. The van der Waals surface area contributed by atoms with Crippen molar-refractivity contribution in [1.29, 1.82) is 5.41 Å². The minimum Gasteiger partial charge on any atom is -0.469 e. The van der Waals surface area contributed by atoms with E-state index in [-0.39, 0.29) is 68.2 Å². The van der Waals surface area contributed by atoms with Gasteiger partial charge in [0, 0.05) is 63.9 Å². The summed E-state index contributed by atoms with van der Waals surface area (Å²) in [7, 11) is 1.19. The lowest BCUT2D eigenvalue weighted by molar-refractivity contribution is -0.143. The highest BCUT2D eigenvalue weighted by Gasteiger charge is 2.38. The molecule has 2 heterocycles. The summed E-state index contributed by atoms with van der Waals surface area (Å²) in [6.07, 6.45) is 5.04. The lowest BCUT2D eigenvalue weighted by Crippen LogP contribution is -2.53. The molecule has 1 aromatic heterocycles. The first-order valence-corrected chi connectivity index (χ1v) is 14.1. The van der Waals surface area contributed by atoms with Crippen LogP contribution in [-0.2, 0) is 23.9 Å². The van der Waals surface area contributed by atoms with Crippen molar-refractivity contribution in [3.8, 4) is 0 Å². The van der Waals surface area contributed by atoms with Gasteiger partial charge in [0.1, 0.15) is 23.6 Å². The maximum Gasteiger partial charge on any atom is 0.305 e. The zero-order chi connectivity index (χ0) is 30.6. The van der Waals surface area contributed by atoms with Crippen molar-refractivity contribution >= 4 is 35.4 Å². The van der Waals surface area contributed by atoms with Crippen LogP contribution in [-0.4, -0.2) is 112 Å². The fraction of sp³-hybridized carbons (Fsp3) is 0.630. The van der Waals surface area contributed by atoms with E-state index in [1.54, 1.807) is 4.90 Å². The summed E-state index contributed by atoms with van der Waals surface area (Å²) in [5, 5.41) is 23.2. The molecule has 15 nitrogen and oxygen atoms in total. The standard InChI is InChI=1S/C27H40N8O7/c1-42-23(38)7-6-22(37)25(40)33-20(14-19(36)13-17-3-2-11-34(16-17)27(28)29)26(41)35(18-4-5-18)12-10-32-24(39)21-15-30-8-9-31-21/h8-9,15,17-18,20,22,37H,2-7,10-14,16H2,1H3,(H3,28,29)(H,32,39)(H,33,40)/t17-,20-,22-/m0/s1. The Kier molecular flexibility index (Phi) is 12.1. The third kappa shape index (κ3) is 10.0. The van der Waals surface area contributed by atoms with Gasteiger partial charge in [-0.1, -0.05) is 0 Å². The monoisotopic (exact) mass is 588 g/mol. The molecule has 1 aliphatic heterocycles. The first kappa shape index (κ1) is 32.4. The summed E-state index contributed by atoms with van der Waals surface area (Å²) in [5.74, 6) is -2.78. The summed E-state index contributed by atoms with van der Waals surface area (Å²) in [6, 6.07) is -1.35. The molecule has 2 aliphatic rings. The van der Waals surface area contributed by atoms with Gasteiger partial charge in [-0.3, -0.25) is 34.4 Å². The molecule has 1 saturated carbocycles. The van der Waals surface area contributed by atoms with Crippen molar-refractivity contribution in [1.82, 2.24) is 30.4 Å². The van der Waals surface area contributed by atoms with Crippen LogP contribution in [0.1, 0.15) is 61.9 Å². The van der Waals surface area contributed by atoms with Crippen LogP contribution in [0.15, 0.2) is 18.6 Å². The first-order chi connectivity index (χ1) is 20.1. The van der Waals surface area contributed by atoms with Crippen molar-refractivity contribution in [3.05, 3.63) is 24.3 Å². The molecule has 3 rings (SSSR count). The summed E-state index contributed by atoms with van der Waals surface area (Å²) in [6.45, 7) is 1.34. The van der Waals surface area contributed by atoms with Gasteiger partial charge in [0.05, 0.1) is 13.3 Å². The number of Topliss-reactive ketones (excluding diaryl/α,β-unsaturated/α-hetero) is 1. The number of hydrogen-bond donors (Lipinski definition) is 5. The molecule has 0 radical (unpaired) electrons. The number of methoxy groups -OCH3 is 1. The van der Waals surface area contributed by atoms with E-state index in [1.807, 2.05) is 0 Å². The maximum absolute atomic E-state index is 13.7. The van der Waals surface area contributed by atoms with Crippen LogP contribution >= 0.6 is 0 Å². The van der Waals surface area contributed by atoms with Crippen molar-refractivity contribution in [3.63, 3.8) is 0 Å². The largest absolute Gasteiger partial charge is 0.469 e. The highest BCUT2D eigenvalue weighted by Crippen LogP contribution is 2.28. The Morgan fingerprint density at radius 3 is 2.64 bits per heavy atom. The lowest BCUT2D eigenvalue weighted by Gasteiger charge is -2.33. The van der Waals surface area contributed by atoms with Crippen molar-refractivity contribution < 1.29 is 33.8 Å². The van der Waals surface area contributed by atoms with Crippen LogP contribution in [0, 0.1) is 11.3 Å². The Morgan fingerprint density at radius 1 is 1.24 bits per heavy atom. The van der Waals surface area contributed by atoms with Crippen molar-refractivity contribution in [2.45, 2.75) is 69.6 Å². The van der Waals surface area contributed by atoms with E-state index in [2.05, 4.69) is 25.3 Å². The van der Waals surface area contributed by atoms with E-state index in [1.165, 1.54) is 30.6 Å². The summed E-state index contributed by atoms with van der Waals surface area (Å²) >= 11 is 0. The number of hydrogen-bond acceptors (Lipinski definition) is 10. The Hall–Kier alpha value is -4.14. The van der Waals surface area contributed by atoms with Crippen LogP contribution in [0.5, 0.6) is 0 Å². The van der Waals surface area contributed by atoms with E-state index in [9.17, 15) is 29.1 Å². The second-order valence-electron chi connectivity index (χ2n) is 10.6. The molecular weight excluding hydrogens is 548 g/mol. The number of carbonyl (C=O) groups is 5. The summed E-state index contributed by atoms with van der Waals surface area (Å²) in [4.78, 5) is 74.6. The first-order valence-electron chi connectivity index (χ1n) is 14.1. The highest BCUT2D eigenvalue weighted by molar-refractivity contribution is 5.94. The highest BCUT2D eigenvalue weighted by atomic mass is 16.5. The van der Waals surface area contributed by atoms with Crippen LogP contribution in [0.3, 0.4) is 0 Å². The van der Waals surface area contributed by atoms with Crippen LogP contribution < -0.4 is 16.4 Å². The molecule has 15 heteroatoms. The molecule has 3 atom stereocenters. The topological polar surface area (TPSA) is 221 Å². The quantitative estimate of drug-likeness (QED) is 0.0945. The van der Waals surface area contributed by atoms with Gasteiger partial charge in [0.2, 0.25) is 11.8 Å². The van der Waals surface area contributed by atoms with E-state index in [0.717, 1.165) is 25.7 Å². The number of ketones is 1. The number of nitrogens with zero attached hydrogens (tertiary/aromatic N) is 4. The van der Waals surface area contributed by atoms with Gasteiger partial charge in [-0.25, -0.2) is 4.98 Å². The normalized spacial score (nSPS) is 17.9. The van der Waals surface area contributed by atoms with Crippen LogP contribution in [0.4, 0.5) is 0 Å². The predicted octanol–water partition coefficient (Wildman–Crippen LogP) is -1.05. The number of aliphatic hydroxyl groups is 1. The van der Waals surface area contributed by atoms with E-state index in [0.29, 0.717) is 13.1 Å². The van der Waals surface area contributed by atoms with Gasteiger partial charge in [0.15, 0.2) is 5.96 Å². The molecule has 0 spiro atoms. The Morgan fingerprint density at radius 2 is 2.00 bits per heavy atom. The Bertz CT molecular complexity index is 1130. The van der Waals surface area contributed by atoms with Crippen molar-refractivity contribution in [2.24, 2.45) is 11.7 Å². The number of rotatable bonds is 15. The van der Waals surface area contributed by atoms with E-state index in [4.69, 9.17) is 11.1 Å². The van der Waals surface area contributed by atoms with Gasteiger partial charge in [-0.15, -0.1) is 0 Å². The average Bonchev–Trinajstić information content (AvgIpc) is 3.83. The minimum atomic E-state index is -1.59. The molecule has 1 aromatic rings. The number of amides is 3. The number of aromatic nitrogens is 2. The lowest BCUT2D eigenvalue weighted by atomic mass is 9.91. The number of carbonyl (C=O) groups excluding carboxylic acids is 5. The molecule has 0 bridgehead atoms. The van der Waals surface area contributed by atoms with Gasteiger partial charge in [0.25, 0.3) is 5.91 Å². The number of esters is 1. The number of nitrogens with one attached hydrogen (secondary N) is 3. The molecular formula is C27H40N8O7. The molecule has 2 fully saturated rings. The second-order valence-corrected chi connectivity index (χ2v) is 10.6. The van der Waals surface area contributed by atoms with Crippen molar-refractivity contribution in [2.75, 3.05) is 33.3 Å². The number of piperidine rings is 1. The maximum atomic E-state index is 13.7. The molecule has 230 valence electrons. The molecule has 6 N–H and O–H groups in total. The number of ether oxygens (including phenoxy) is 1. The third-order valence-corrected chi connectivity index (χ3v) is 7.28. The zero-order valence-corrected chi connectivity index (χ0v) is 23.8. The molecule has 1 aliphatic carbocycles. The molecule has 0 unspecified atom stereocenters. The van der Waals surface area contributed by atoms with Crippen LogP contribution in [0.25, 0.3) is 0 Å². The third-order valence-electron chi connectivity index (χ3n) is 7.28. The molecule has 0 aromatic carbocycles. The van der Waals surface area contributed by atoms with Gasteiger partial charge < -0.3 is 36.0 Å².